The summed E-state index contributed by atoms with van der Waals surface area (Å²) >= 11 is 0. The number of hydrogen-bond acceptors (Lipinski definition) is 5. The Morgan fingerprint density at radius 3 is 2.61 bits per heavy atom. The molecular weight excluding hydrogens is 354 g/mol. The maximum atomic E-state index is 11.4. The van der Waals surface area contributed by atoms with E-state index in [0.717, 1.165) is 34.0 Å². The predicted octanol–water partition coefficient (Wildman–Crippen LogP) is 3.75. The van der Waals surface area contributed by atoms with Crippen LogP contribution in [0.5, 0.6) is 0 Å². The van der Waals surface area contributed by atoms with Crippen molar-refractivity contribution < 1.29 is 4.92 Å². The van der Waals surface area contributed by atoms with Gasteiger partial charge in [0.25, 0.3) is 5.69 Å². The Hall–Kier alpha value is -3.32. The summed E-state index contributed by atoms with van der Waals surface area (Å²) in [5.41, 5.74) is 4.34. The van der Waals surface area contributed by atoms with Crippen LogP contribution in [0, 0.1) is 10.1 Å². The Balaban J connectivity index is 2.01. The summed E-state index contributed by atoms with van der Waals surface area (Å²) in [5, 5.41) is 11.4. The summed E-state index contributed by atoms with van der Waals surface area (Å²) in [7, 11) is 4.01. The fourth-order valence-electron chi connectivity index (χ4n) is 3.58. The van der Waals surface area contributed by atoms with Crippen molar-refractivity contribution in [2.45, 2.75) is 19.5 Å². The lowest BCUT2D eigenvalue weighted by Gasteiger charge is -2.17. The molecule has 0 spiro atoms. The van der Waals surface area contributed by atoms with Gasteiger partial charge in [-0.05, 0) is 27.1 Å². The van der Waals surface area contributed by atoms with Gasteiger partial charge in [-0.3, -0.25) is 19.7 Å². The van der Waals surface area contributed by atoms with E-state index in [9.17, 15) is 10.1 Å². The number of fused-ring (bicyclic) bond motifs is 3. The van der Waals surface area contributed by atoms with Crippen molar-refractivity contribution in [3.05, 3.63) is 87.5 Å². The molecule has 1 unspecified atom stereocenters. The van der Waals surface area contributed by atoms with Crippen LogP contribution in [0.25, 0.3) is 5.69 Å². The largest absolute Gasteiger partial charge is 0.304 e. The maximum absolute atomic E-state index is 11.4. The molecule has 0 bridgehead atoms. The van der Waals surface area contributed by atoms with E-state index >= 15 is 0 Å². The number of benzene rings is 2. The smallest absolute Gasteiger partial charge is 0.270 e. The fourth-order valence-corrected chi connectivity index (χ4v) is 3.58. The van der Waals surface area contributed by atoms with E-state index in [1.165, 1.54) is 0 Å². The summed E-state index contributed by atoms with van der Waals surface area (Å²) in [6.07, 6.45) is 1.86. The van der Waals surface area contributed by atoms with Crippen LogP contribution in [0.1, 0.15) is 35.6 Å². The van der Waals surface area contributed by atoms with Gasteiger partial charge in [0.2, 0.25) is 0 Å². The summed E-state index contributed by atoms with van der Waals surface area (Å²) in [6.45, 7) is 2.71. The van der Waals surface area contributed by atoms with Crippen LogP contribution < -0.4 is 0 Å². The minimum absolute atomic E-state index is 0.0489. The van der Waals surface area contributed by atoms with Crippen molar-refractivity contribution in [1.29, 1.82) is 0 Å². The van der Waals surface area contributed by atoms with E-state index in [2.05, 4.69) is 14.5 Å². The van der Waals surface area contributed by atoms with Gasteiger partial charge in [0.1, 0.15) is 11.9 Å². The van der Waals surface area contributed by atoms with E-state index in [0.29, 0.717) is 6.54 Å². The molecule has 3 aromatic rings. The lowest BCUT2D eigenvalue weighted by Crippen LogP contribution is -2.16. The van der Waals surface area contributed by atoms with Crippen molar-refractivity contribution in [2.24, 2.45) is 4.99 Å². The summed E-state index contributed by atoms with van der Waals surface area (Å²) in [6, 6.07) is 14.6. The van der Waals surface area contributed by atoms with Crippen LogP contribution in [-0.4, -0.2) is 39.2 Å². The molecule has 1 atom stereocenters. The Kier molecular flexibility index (Phi) is 4.52. The first-order chi connectivity index (χ1) is 13.5. The molecule has 142 valence electrons. The molecule has 1 aromatic heterocycles. The predicted molar refractivity (Wildman–Crippen MR) is 108 cm³/mol. The van der Waals surface area contributed by atoms with Gasteiger partial charge >= 0.3 is 0 Å². The van der Waals surface area contributed by atoms with Gasteiger partial charge in [-0.2, -0.15) is 0 Å². The Morgan fingerprint density at radius 1 is 1.18 bits per heavy atom. The van der Waals surface area contributed by atoms with Gasteiger partial charge in [0, 0.05) is 29.8 Å². The van der Waals surface area contributed by atoms with Gasteiger partial charge in [0.15, 0.2) is 0 Å². The van der Waals surface area contributed by atoms with E-state index in [-0.39, 0.29) is 16.7 Å². The number of non-ortho nitro benzene ring substituents is 1. The molecule has 0 N–H and O–H groups in total. The van der Waals surface area contributed by atoms with Gasteiger partial charge in [-0.1, -0.05) is 30.3 Å². The number of imidazole rings is 1. The third kappa shape index (κ3) is 3.10. The van der Waals surface area contributed by atoms with Gasteiger partial charge in [-0.25, -0.2) is 4.98 Å². The molecule has 0 aliphatic carbocycles. The van der Waals surface area contributed by atoms with E-state index in [1.807, 2.05) is 57.5 Å². The van der Waals surface area contributed by atoms with E-state index in [1.54, 1.807) is 18.2 Å². The van der Waals surface area contributed by atoms with Gasteiger partial charge in [0.05, 0.1) is 28.2 Å². The Labute approximate surface area is 163 Å². The van der Waals surface area contributed by atoms with Crippen molar-refractivity contribution in [3.63, 3.8) is 0 Å². The first kappa shape index (κ1) is 18.1. The second-order valence-electron chi connectivity index (χ2n) is 7.16. The van der Waals surface area contributed by atoms with Gasteiger partial charge < -0.3 is 4.90 Å². The number of hydrogen-bond donors (Lipinski definition) is 0. The number of nitro benzene ring substituents is 1. The summed E-state index contributed by atoms with van der Waals surface area (Å²) in [4.78, 5) is 22.7. The molecule has 7 nitrogen and oxygen atoms in total. The Morgan fingerprint density at radius 2 is 1.93 bits per heavy atom. The highest BCUT2D eigenvalue weighted by molar-refractivity contribution is 6.15. The molecule has 7 heteroatoms. The lowest BCUT2D eigenvalue weighted by molar-refractivity contribution is -0.384. The number of aliphatic imine (C=N–C) groups is 1. The standard InChI is InChI=1S/C21H21N5O2/c1-14-21-22-12-17(13-24(2)3)25(21)19-10-9-16(26(27)28)11-18(19)20(23-14)15-7-5-4-6-8-15/h4-12,14H,13H2,1-3H3. The molecule has 28 heavy (non-hydrogen) atoms. The fraction of sp³-hybridized carbons (Fsp3) is 0.238. The third-order valence-electron chi connectivity index (χ3n) is 4.77. The molecule has 2 heterocycles. The van der Waals surface area contributed by atoms with Crippen LogP contribution in [0.4, 0.5) is 5.69 Å². The van der Waals surface area contributed by atoms with Crippen LogP contribution in [0.15, 0.2) is 59.7 Å². The molecule has 1 aliphatic rings. The average molecular weight is 375 g/mol. The summed E-state index contributed by atoms with van der Waals surface area (Å²) < 4.78 is 2.09. The quantitative estimate of drug-likeness (QED) is 0.514. The second-order valence-corrected chi connectivity index (χ2v) is 7.16. The zero-order valence-electron chi connectivity index (χ0n) is 16.0. The highest BCUT2D eigenvalue weighted by atomic mass is 16.6. The molecule has 0 saturated carbocycles. The Bertz CT molecular complexity index is 1070. The number of rotatable bonds is 4. The third-order valence-corrected chi connectivity index (χ3v) is 4.77. The zero-order chi connectivity index (χ0) is 19.8. The van der Waals surface area contributed by atoms with Crippen LogP contribution >= 0.6 is 0 Å². The molecule has 1 aliphatic heterocycles. The minimum atomic E-state index is -0.368. The molecule has 2 aromatic carbocycles. The monoisotopic (exact) mass is 375 g/mol. The second kappa shape index (κ2) is 7.01. The van der Waals surface area contributed by atoms with Crippen molar-refractivity contribution >= 4 is 11.4 Å². The highest BCUT2D eigenvalue weighted by Gasteiger charge is 2.27. The number of aromatic nitrogens is 2. The zero-order valence-corrected chi connectivity index (χ0v) is 16.0. The van der Waals surface area contributed by atoms with Crippen molar-refractivity contribution in [2.75, 3.05) is 14.1 Å². The molecule has 0 fully saturated rings. The molecule has 4 rings (SSSR count). The number of nitrogens with zero attached hydrogens (tertiary/aromatic N) is 5. The molecule has 0 amide bonds. The molecule has 0 saturated heterocycles. The van der Waals surface area contributed by atoms with Crippen LogP contribution in [0.2, 0.25) is 0 Å². The van der Waals surface area contributed by atoms with E-state index < -0.39 is 0 Å². The first-order valence-corrected chi connectivity index (χ1v) is 9.09. The topological polar surface area (TPSA) is 76.6 Å². The normalized spacial score (nSPS) is 15.6. The van der Waals surface area contributed by atoms with Crippen molar-refractivity contribution in [1.82, 2.24) is 14.5 Å². The highest BCUT2D eigenvalue weighted by Crippen LogP contribution is 2.33. The maximum Gasteiger partial charge on any atom is 0.270 e. The number of nitro groups is 1. The molecular formula is C21H21N5O2. The summed E-state index contributed by atoms with van der Waals surface area (Å²) in [5.74, 6) is 0.831. The average Bonchev–Trinajstić information content (AvgIpc) is 3.03. The van der Waals surface area contributed by atoms with Crippen LogP contribution in [-0.2, 0) is 6.54 Å². The van der Waals surface area contributed by atoms with Crippen LogP contribution in [0.3, 0.4) is 0 Å². The first-order valence-electron chi connectivity index (χ1n) is 9.09. The molecule has 0 radical (unpaired) electrons. The van der Waals surface area contributed by atoms with E-state index in [4.69, 9.17) is 4.99 Å². The van der Waals surface area contributed by atoms with Gasteiger partial charge in [-0.15, -0.1) is 0 Å². The van der Waals surface area contributed by atoms with Crippen molar-refractivity contribution in [3.8, 4) is 5.69 Å². The minimum Gasteiger partial charge on any atom is -0.304 e. The SMILES string of the molecule is CC1N=C(c2ccccc2)c2cc([N+](=O)[O-])ccc2-n2c(CN(C)C)cnc21. The lowest BCUT2D eigenvalue weighted by atomic mass is 9.99.